The number of hydrogen-bond acceptors (Lipinski definition) is 7. The normalized spacial score (nSPS) is 21.1. The van der Waals surface area contributed by atoms with Gasteiger partial charge in [-0.25, -0.2) is 11.0 Å². The number of halogens is 4. The van der Waals surface area contributed by atoms with Gasteiger partial charge in [0.1, 0.15) is 23.2 Å². The van der Waals surface area contributed by atoms with Gasteiger partial charge in [-0.3, -0.25) is 4.79 Å². The topological polar surface area (TPSA) is 69.4 Å². The average molecular weight is 616 g/mol. The summed E-state index contributed by atoms with van der Waals surface area (Å²) in [5.74, 6) is -0.985. The number of rotatable bonds is 9. The van der Waals surface area contributed by atoms with Crippen LogP contribution in [0.2, 0.25) is 0 Å². The third-order valence-electron chi connectivity index (χ3n) is 8.64. The number of piperazine rings is 1. The minimum Gasteiger partial charge on any atom is -0.463 e. The highest BCUT2D eigenvalue weighted by Gasteiger charge is 2.45. The molecule has 3 heterocycles. The van der Waals surface area contributed by atoms with Crippen LogP contribution in [-0.4, -0.2) is 91.2 Å². The third kappa shape index (κ3) is 6.45. The quantitative estimate of drug-likeness (QED) is 0.235. The van der Waals surface area contributed by atoms with Crippen molar-refractivity contribution in [1.29, 1.82) is 0 Å². The van der Waals surface area contributed by atoms with Crippen molar-refractivity contribution in [2.45, 2.75) is 51.0 Å². The predicted octanol–water partition coefficient (Wildman–Crippen LogP) is 4.43. The molecule has 0 bridgehead atoms. The molecule has 1 aromatic carbocycles. The standard InChI is InChI=1S/C31H37F4N7O2/c1-6-26(43)41-13-12-40(16-21(41)15-36-3)28-22-14-20(2)42(25-9-7-8-23(32)27(25)31(33,34)35)17-24(22)37-29(38-28)44-19-30(10-11-30)18-39(4)5/h6-9,20-21H,1,10-19H2,2,4-5H3/t20?,21-/m0/s1. The molecule has 1 aliphatic carbocycles. The minimum absolute atomic E-state index is 0.00183. The molecule has 1 unspecified atom stereocenters. The van der Waals surface area contributed by atoms with Gasteiger partial charge in [0.2, 0.25) is 12.5 Å². The maximum absolute atomic E-state index is 14.6. The van der Waals surface area contributed by atoms with Crippen molar-refractivity contribution in [3.8, 4) is 6.01 Å². The number of nitrogens with zero attached hydrogens (tertiary/aromatic N) is 7. The molecule has 5 rings (SSSR count). The summed E-state index contributed by atoms with van der Waals surface area (Å²) in [5, 5.41) is 0. The summed E-state index contributed by atoms with van der Waals surface area (Å²) in [6, 6.07) is 2.69. The highest BCUT2D eigenvalue weighted by molar-refractivity contribution is 5.87. The summed E-state index contributed by atoms with van der Waals surface area (Å²) in [6.45, 7) is 15.3. The maximum atomic E-state index is 14.6. The van der Waals surface area contributed by atoms with E-state index in [0.29, 0.717) is 44.2 Å². The molecule has 2 fully saturated rings. The van der Waals surface area contributed by atoms with Crippen LogP contribution >= 0.6 is 0 Å². The number of anilines is 2. The monoisotopic (exact) mass is 615 g/mol. The molecule has 1 saturated carbocycles. The number of ether oxygens (including phenoxy) is 1. The SMILES string of the molecule is [C-]#[N+]C[C@H]1CN(c2nc(OCC3(CN(C)C)CC3)nc3c2CC(C)N(c2cccc(F)c2C(F)(F)F)C3)CCN1C(=O)C=C. The second-order valence-corrected chi connectivity index (χ2v) is 12.3. The second kappa shape index (κ2) is 12.2. The van der Waals surface area contributed by atoms with Gasteiger partial charge in [0, 0.05) is 43.2 Å². The lowest BCUT2D eigenvalue weighted by Crippen LogP contribution is -2.56. The molecule has 0 spiro atoms. The van der Waals surface area contributed by atoms with Gasteiger partial charge < -0.3 is 29.2 Å². The van der Waals surface area contributed by atoms with Crippen LogP contribution in [0.1, 0.15) is 36.6 Å². The van der Waals surface area contributed by atoms with Crippen LogP contribution in [0.25, 0.3) is 4.85 Å². The minimum atomic E-state index is -4.88. The summed E-state index contributed by atoms with van der Waals surface area (Å²) in [5.41, 5.74) is -0.278. The first-order chi connectivity index (χ1) is 20.9. The van der Waals surface area contributed by atoms with Crippen LogP contribution in [0.3, 0.4) is 0 Å². The lowest BCUT2D eigenvalue weighted by molar-refractivity contribution is -0.139. The predicted molar refractivity (Wildman–Crippen MR) is 158 cm³/mol. The van der Waals surface area contributed by atoms with E-state index in [2.05, 4.69) is 16.3 Å². The third-order valence-corrected chi connectivity index (χ3v) is 8.64. The van der Waals surface area contributed by atoms with Gasteiger partial charge in [0.05, 0.1) is 24.5 Å². The molecule has 2 aromatic rings. The number of carbonyl (C=O) groups excluding carboxylic acids is 1. The van der Waals surface area contributed by atoms with Crippen molar-refractivity contribution >= 4 is 17.4 Å². The van der Waals surface area contributed by atoms with Gasteiger partial charge in [-0.15, -0.1) is 0 Å². The first-order valence-corrected chi connectivity index (χ1v) is 14.7. The summed E-state index contributed by atoms with van der Waals surface area (Å²) < 4.78 is 62.8. The zero-order valence-corrected chi connectivity index (χ0v) is 25.2. The average Bonchev–Trinajstić information content (AvgIpc) is 3.73. The fraction of sp³-hybridized carbons (Fsp3) is 0.548. The van der Waals surface area contributed by atoms with Gasteiger partial charge in [-0.1, -0.05) is 12.6 Å². The summed E-state index contributed by atoms with van der Waals surface area (Å²) in [6.07, 6.45) is -1.32. The van der Waals surface area contributed by atoms with Crippen LogP contribution in [-0.2, 0) is 23.9 Å². The van der Waals surface area contributed by atoms with Gasteiger partial charge >= 0.3 is 12.2 Å². The first-order valence-electron chi connectivity index (χ1n) is 14.7. The molecule has 2 atom stereocenters. The number of amides is 1. The number of carbonyl (C=O) groups is 1. The fourth-order valence-electron chi connectivity index (χ4n) is 6.37. The van der Waals surface area contributed by atoms with E-state index in [1.165, 1.54) is 23.1 Å². The number of alkyl halides is 3. The molecule has 1 aromatic heterocycles. The Morgan fingerprint density at radius 2 is 2.02 bits per heavy atom. The smallest absolute Gasteiger partial charge is 0.421 e. The van der Waals surface area contributed by atoms with E-state index in [1.54, 1.807) is 11.8 Å². The van der Waals surface area contributed by atoms with Crippen molar-refractivity contribution < 1.29 is 27.1 Å². The lowest BCUT2D eigenvalue weighted by Gasteiger charge is -2.42. The fourth-order valence-corrected chi connectivity index (χ4v) is 6.37. The number of fused-ring (bicyclic) bond motifs is 1. The van der Waals surface area contributed by atoms with Crippen molar-refractivity contribution in [3.05, 3.63) is 64.9 Å². The zero-order valence-electron chi connectivity index (χ0n) is 25.2. The van der Waals surface area contributed by atoms with Gasteiger partial charge in [-0.2, -0.15) is 23.1 Å². The largest absolute Gasteiger partial charge is 0.463 e. The van der Waals surface area contributed by atoms with Crippen molar-refractivity contribution in [2.24, 2.45) is 5.41 Å². The van der Waals surface area contributed by atoms with Crippen LogP contribution in [0.5, 0.6) is 6.01 Å². The van der Waals surface area contributed by atoms with Gasteiger partial charge in [0.25, 0.3) is 0 Å². The zero-order chi connectivity index (χ0) is 31.8. The molecular formula is C31H37F4N7O2. The van der Waals surface area contributed by atoms with E-state index in [9.17, 15) is 22.4 Å². The Bertz CT molecular complexity index is 1450. The second-order valence-electron chi connectivity index (χ2n) is 12.3. The lowest BCUT2D eigenvalue weighted by atomic mass is 9.96. The van der Waals surface area contributed by atoms with Gasteiger partial charge in [-0.05, 0) is 58.5 Å². The van der Waals surface area contributed by atoms with Crippen molar-refractivity contribution in [2.75, 3.05) is 63.2 Å². The number of aromatic nitrogens is 2. The molecule has 0 N–H and O–H groups in total. The van der Waals surface area contributed by atoms with E-state index in [4.69, 9.17) is 21.3 Å². The van der Waals surface area contributed by atoms with E-state index in [0.717, 1.165) is 31.0 Å². The summed E-state index contributed by atoms with van der Waals surface area (Å²) >= 11 is 0. The van der Waals surface area contributed by atoms with Crippen LogP contribution < -0.4 is 14.5 Å². The molecule has 2 aliphatic heterocycles. The number of benzene rings is 1. The molecule has 3 aliphatic rings. The van der Waals surface area contributed by atoms with Crippen LogP contribution in [0, 0.1) is 17.8 Å². The van der Waals surface area contributed by atoms with Crippen molar-refractivity contribution in [1.82, 2.24) is 19.8 Å². The van der Waals surface area contributed by atoms with Gasteiger partial charge in [0.15, 0.2) is 0 Å². The van der Waals surface area contributed by atoms with E-state index in [1.807, 2.05) is 19.0 Å². The molecule has 236 valence electrons. The highest BCUT2D eigenvalue weighted by Crippen LogP contribution is 2.46. The molecule has 44 heavy (non-hydrogen) atoms. The van der Waals surface area contributed by atoms with Crippen molar-refractivity contribution in [3.63, 3.8) is 0 Å². The molecule has 1 amide bonds. The first kappa shape index (κ1) is 31.5. The Morgan fingerprint density at radius 1 is 1.27 bits per heavy atom. The molecule has 9 nitrogen and oxygen atoms in total. The molecular weight excluding hydrogens is 578 g/mol. The Balaban J connectivity index is 1.52. The summed E-state index contributed by atoms with van der Waals surface area (Å²) in [7, 11) is 4.00. The van der Waals surface area contributed by atoms with E-state index in [-0.39, 0.29) is 36.1 Å². The van der Waals surface area contributed by atoms with Crippen LogP contribution in [0.15, 0.2) is 30.9 Å². The van der Waals surface area contributed by atoms with E-state index >= 15 is 0 Å². The summed E-state index contributed by atoms with van der Waals surface area (Å²) in [4.78, 5) is 32.9. The highest BCUT2D eigenvalue weighted by atomic mass is 19.4. The molecule has 13 heteroatoms. The Hall–Kier alpha value is -3.92. The Kier molecular flexibility index (Phi) is 8.75. The maximum Gasteiger partial charge on any atom is 0.421 e. The Labute approximate surface area is 254 Å². The van der Waals surface area contributed by atoms with E-state index < -0.39 is 29.6 Å². The van der Waals surface area contributed by atoms with Crippen LogP contribution in [0.4, 0.5) is 29.1 Å². The molecule has 1 saturated heterocycles. The molecule has 0 radical (unpaired) electrons. The Morgan fingerprint density at radius 3 is 2.66 bits per heavy atom. The number of hydrogen-bond donors (Lipinski definition) is 0.